The number of aromatic nitrogens is 3. The maximum atomic E-state index is 12.6. The topological polar surface area (TPSA) is 88.3 Å². The van der Waals surface area contributed by atoms with Crippen molar-refractivity contribution in [3.63, 3.8) is 0 Å². The average Bonchev–Trinajstić information content (AvgIpc) is 3.24. The number of aliphatic carboxylic acids is 1. The first kappa shape index (κ1) is 15.8. The lowest BCUT2D eigenvalue weighted by atomic mass is 10.1. The zero-order valence-corrected chi connectivity index (χ0v) is 14.0. The van der Waals surface area contributed by atoms with E-state index in [0.29, 0.717) is 18.8 Å². The summed E-state index contributed by atoms with van der Waals surface area (Å²) in [6.07, 6.45) is 0.983. The molecule has 1 aliphatic heterocycles. The lowest BCUT2D eigenvalue weighted by molar-refractivity contribution is -0.139. The van der Waals surface area contributed by atoms with Crippen molar-refractivity contribution in [2.45, 2.75) is 19.8 Å². The molecule has 7 heteroatoms. The summed E-state index contributed by atoms with van der Waals surface area (Å²) < 4.78 is 1.73. The van der Waals surface area contributed by atoms with E-state index in [1.54, 1.807) is 9.58 Å². The fourth-order valence-electron chi connectivity index (χ4n) is 3.92. The molecule has 130 valence electrons. The van der Waals surface area contributed by atoms with Gasteiger partial charge in [0.1, 0.15) is 0 Å². The lowest BCUT2D eigenvalue weighted by Gasteiger charge is -2.26. The van der Waals surface area contributed by atoms with E-state index in [2.05, 4.69) is 10.3 Å². The van der Waals surface area contributed by atoms with Crippen LogP contribution in [0, 0.1) is 24.7 Å². The molecule has 1 aliphatic carbocycles. The number of carbonyl (C=O) groups excluding carboxylic acids is 1. The molecule has 4 rings (SSSR count). The molecule has 1 saturated carbocycles. The molecule has 1 saturated heterocycles. The molecule has 0 bridgehead atoms. The summed E-state index contributed by atoms with van der Waals surface area (Å²) in [4.78, 5) is 25.5. The highest BCUT2D eigenvalue weighted by molar-refractivity contribution is 5.80. The number of carboxylic acid groups (broad SMARTS) is 1. The van der Waals surface area contributed by atoms with E-state index in [-0.39, 0.29) is 30.1 Å². The Kier molecular flexibility index (Phi) is 3.78. The summed E-state index contributed by atoms with van der Waals surface area (Å²) in [5.74, 6) is -0.624. The van der Waals surface area contributed by atoms with Crippen molar-refractivity contribution in [1.29, 1.82) is 0 Å². The number of carboxylic acids is 1. The molecule has 1 aromatic carbocycles. The van der Waals surface area contributed by atoms with Gasteiger partial charge in [0, 0.05) is 13.1 Å². The summed E-state index contributed by atoms with van der Waals surface area (Å²) >= 11 is 0. The fraction of sp³-hybridized carbons (Fsp3) is 0.444. The summed E-state index contributed by atoms with van der Waals surface area (Å²) in [5, 5.41) is 17.5. The first-order valence-corrected chi connectivity index (χ1v) is 8.53. The number of likely N-dealkylation sites (tertiary alicyclic amines) is 1. The van der Waals surface area contributed by atoms with Crippen LogP contribution in [-0.2, 0) is 16.0 Å². The predicted molar refractivity (Wildman–Crippen MR) is 89.1 cm³/mol. The third-order valence-electron chi connectivity index (χ3n) is 5.44. The minimum absolute atomic E-state index is 0.00213. The standard InChI is InChI=1S/C18H20N4O3/c1-11-15(19-20-22(11)12-5-3-2-4-6-12)9-16(23)21-8-7-13-14(10-21)17(13)18(24)25/h2-6,13-14,17H,7-10H2,1H3,(H,24,25)/t13-,14+,17-/m0/s1. The van der Waals surface area contributed by atoms with Crippen LogP contribution in [0.5, 0.6) is 0 Å². The molecule has 2 aromatic rings. The minimum Gasteiger partial charge on any atom is -0.481 e. The van der Waals surface area contributed by atoms with Gasteiger partial charge < -0.3 is 10.0 Å². The van der Waals surface area contributed by atoms with Crippen LogP contribution in [0.2, 0.25) is 0 Å². The lowest BCUT2D eigenvalue weighted by Crippen LogP contribution is -2.38. The first-order chi connectivity index (χ1) is 12.1. The van der Waals surface area contributed by atoms with E-state index < -0.39 is 5.97 Å². The van der Waals surface area contributed by atoms with Gasteiger partial charge in [0.25, 0.3) is 0 Å². The Morgan fingerprint density at radius 3 is 2.72 bits per heavy atom. The van der Waals surface area contributed by atoms with Crippen LogP contribution in [-0.4, -0.2) is 50.0 Å². The molecule has 2 heterocycles. The summed E-state index contributed by atoms with van der Waals surface area (Å²) in [6, 6.07) is 9.68. The maximum Gasteiger partial charge on any atom is 0.307 e. The van der Waals surface area contributed by atoms with E-state index in [1.165, 1.54) is 0 Å². The van der Waals surface area contributed by atoms with Crippen molar-refractivity contribution in [3.05, 3.63) is 41.7 Å². The van der Waals surface area contributed by atoms with Gasteiger partial charge in [-0.2, -0.15) is 0 Å². The molecular formula is C18H20N4O3. The van der Waals surface area contributed by atoms with E-state index in [0.717, 1.165) is 17.8 Å². The van der Waals surface area contributed by atoms with Gasteiger partial charge in [-0.1, -0.05) is 23.4 Å². The van der Waals surface area contributed by atoms with Gasteiger partial charge >= 0.3 is 5.97 Å². The molecule has 1 amide bonds. The summed E-state index contributed by atoms with van der Waals surface area (Å²) in [7, 11) is 0. The Labute approximate surface area is 145 Å². The van der Waals surface area contributed by atoms with Crippen LogP contribution in [0.25, 0.3) is 5.69 Å². The van der Waals surface area contributed by atoms with Gasteiger partial charge in [-0.3, -0.25) is 9.59 Å². The number of hydrogen-bond donors (Lipinski definition) is 1. The van der Waals surface area contributed by atoms with Crippen molar-refractivity contribution in [1.82, 2.24) is 19.9 Å². The highest BCUT2D eigenvalue weighted by Crippen LogP contribution is 2.51. The van der Waals surface area contributed by atoms with Crippen LogP contribution in [0.1, 0.15) is 17.8 Å². The normalized spacial score (nSPS) is 24.7. The molecule has 0 unspecified atom stereocenters. The maximum absolute atomic E-state index is 12.6. The molecule has 25 heavy (non-hydrogen) atoms. The smallest absolute Gasteiger partial charge is 0.307 e. The van der Waals surface area contributed by atoms with Gasteiger partial charge in [0.05, 0.1) is 29.4 Å². The number of rotatable bonds is 4. The number of fused-ring (bicyclic) bond motifs is 1. The number of para-hydroxylation sites is 1. The average molecular weight is 340 g/mol. The highest BCUT2D eigenvalue weighted by atomic mass is 16.4. The zero-order valence-electron chi connectivity index (χ0n) is 14.0. The van der Waals surface area contributed by atoms with Crippen LogP contribution >= 0.6 is 0 Å². The van der Waals surface area contributed by atoms with Crippen LogP contribution in [0.4, 0.5) is 0 Å². The number of piperidine rings is 1. The number of nitrogens with zero attached hydrogens (tertiary/aromatic N) is 4. The van der Waals surface area contributed by atoms with Crippen LogP contribution in [0.15, 0.2) is 30.3 Å². The number of benzene rings is 1. The quantitative estimate of drug-likeness (QED) is 0.906. The second-order valence-corrected chi connectivity index (χ2v) is 6.87. The zero-order chi connectivity index (χ0) is 17.6. The Balaban J connectivity index is 1.44. The molecule has 2 aliphatic rings. The molecular weight excluding hydrogens is 320 g/mol. The molecule has 1 aromatic heterocycles. The van der Waals surface area contributed by atoms with Gasteiger partial charge in [-0.25, -0.2) is 4.68 Å². The molecule has 3 atom stereocenters. The van der Waals surface area contributed by atoms with Crippen molar-refractivity contribution >= 4 is 11.9 Å². The van der Waals surface area contributed by atoms with Crippen LogP contribution in [0.3, 0.4) is 0 Å². The van der Waals surface area contributed by atoms with Crippen molar-refractivity contribution in [2.75, 3.05) is 13.1 Å². The van der Waals surface area contributed by atoms with Crippen molar-refractivity contribution in [2.24, 2.45) is 17.8 Å². The highest BCUT2D eigenvalue weighted by Gasteiger charge is 2.57. The fourth-order valence-corrected chi connectivity index (χ4v) is 3.92. The number of hydrogen-bond acceptors (Lipinski definition) is 4. The van der Waals surface area contributed by atoms with Crippen molar-refractivity contribution in [3.8, 4) is 5.69 Å². The molecule has 1 N–H and O–H groups in total. The van der Waals surface area contributed by atoms with E-state index in [4.69, 9.17) is 5.11 Å². The van der Waals surface area contributed by atoms with E-state index in [1.807, 2.05) is 37.3 Å². The second-order valence-electron chi connectivity index (χ2n) is 6.87. The van der Waals surface area contributed by atoms with E-state index in [9.17, 15) is 9.59 Å². The Morgan fingerprint density at radius 2 is 2.00 bits per heavy atom. The van der Waals surface area contributed by atoms with Gasteiger partial charge in [-0.15, -0.1) is 5.10 Å². The molecule has 0 radical (unpaired) electrons. The number of amides is 1. The number of carbonyl (C=O) groups is 2. The molecule has 7 nitrogen and oxygen atoms in total. The van der Waals surface area contributed by atoms with Gasteiger partial charge in [-0.05, 0) is 37.3 Å². The third kappa shape index (κ3) is 2.79. The Morgan fingerprint density at radius 1 is 1.24 bits per heavy atom. The minimum atomic E-state index is -0.731. The van der Waals surface area contributed by atoms with E-state index >= 15 is 0 Å². The predicted octanol–water partition coefficient (Wildman–Crippen LogP) is 1.30. The van der Waals surface area contributed by atoms with Crippen LogP contribution < -0.4 is 0 Å². The Bertz CT molecular complexity index is 817. The molecule has 0 spiro atoms. The second kappa shape index (κ2) is 5.98. The van der Waals surface area contributed by atoms with Crippen molar-refractivity contribution < 1.29 is 14.7 Å². The first-order valence-electron chi connectivity index (χ1n) is 8.53. The summed E-state index contributed by atoms with van der Waals surface area (Å²) in [5.41, 5.74) is 2.43. The van der Waals surface area contributed by atoms with Gasteiger partial charge in [0.15, 0.2) is 0 Å². The largest absolute Gasteiger partial charge is 0.481 e. The monoisotopic (exact) mass is 340 g/mol. The SMILES string of the molecule is Cc1c(CC(=O)N2CC[C@H]3[C@@H](C2)[C@H]3C(=O)O)nnn1-c1ccccc1. The van der Waals surface area contributed by atoms with Gasteiger partial charge in [0.2, 0.25) is 5.91 Å². The third-order valence-corrected chi connectivity index (χ3v) is 5.44. The Hall–Kier alpha value is -2.70. The molecule has 2 fully saturated rings. The summed E-state index contributed by atoms with van der Waals surface area (Å²) in [6.45, 7) is 3.09.